The van der Waals surface area contributed by atoms with Crippen molar-refractivity contribution in [2.24, 2.45) is 5.92 Å². The summed E-state index contributed by atoms with van der Waals surface area (Å²) in [5.74, 6) is -0.745. The van der Waals surface area contributed by atoms with Gasteiger partial charge in [0.2, 0.25) is 5.91 Å². The number of nitrogens with zero attached hydrogens (tertiary/aromatic N) is 1. The fourth-order valence-corrected chi connectivity index (χ4v) is 3.57. The van der Waals surface area contributed by atoms with Crippen molar-refractivity contribution in [3.63, 3.8) is 0 Å². The Kier molecular flexibility index (Phi) is 6.95. The van der Waals surface area contributed by atoms with Crippen molar-refractivity contribution in [2.45, 2.75) is 36.6 Å². The van der Waals surface area contributed by atoms with Gasteiger partial charge in [-0.1, -0.05) is 24.4 Å². The predicted molar refractivity (Wildman–Crippen MR) is 95.1 cm³/mol. The summed E-state index contributed by atoms with van der Waals surface area (Å²) in [5.41, 5.74) is 0.422. The highest BCUT2D eigenvalue weighted by Crippen LogP contribution is 2.27. The predicted octanol–water partition coefficient (Wildman–Crippen LogP) is 2.99. The molecule has 0 saturated heterocycles. The first kappa shape index (κ1) is 18.6. The van der Waals surface area contributed by atoms with Gasteiger partial charge in [0.25, 0.3) is 5.91 Å². The van der Waals surface area contributed by atoms with Crippen LogP contribution in [0.2, 0.25) is 5.02 Å². The lowest BCUT2D eigenvalue weighted by molar-refractivity contribution is -0.126. The van der Waals surface area contributed by atoms with Gasteiger partial charge < -0.3 is 10.6 Å². The van der Waals surface area contributed by atoms with Crippen LogP contribution in [0.25, 0.3) is 0 Å². The van der Waals surface area contributed by atoms with Crippen LogP contribution in [0.1, 0.15) is 36.0 Å². The zero-order chi connectivity index (χ0) is 17.5. The normalized spacial score (nSPS) is 20.0. The van der Waals surface area contributed by atoms with E-state index in [1.165, 1.54) is 11.8 Å². The summed E-state index contributed by atoms with van der Waals surface area (Å²) in [6, 6.07) is 7.00. The van der Waals surface area contributed by atoms with E-state index in [9.17, 15) is 9.59 Å². The van der Waals surface area contributed by atoms with Crippen LogP contribution in [-0.2, 0) is 4.79 Å². The molecular weight excluding hydrogens is 346 g/mol. The molecule has 1 aliphatic carbocycles. The fraction of sp³-hybridized carbons (Fsp3) is 0.471. The molecule has 1 fully saturated rings. The number of hydrogen-bond donors (Lipinski definition) is 2. The van der Waals surface area contributed by atoms with Gasteiger partial charge in [-0.2, -0.15) is 5.26 Å². The third kappa shape index (κ3) is 4.65. The summed E-state index contributed by atoms with van der Waals surface area (Å²) in [6.45, 7) is -0.0163. The molecule has 7 heteroatoms. The summed E-state index contributed by atoms with van der Waals surface area (Å²) < 4.78 is 0. The number of rotatable bonds is 5. The third-order valence-corrected chi connectivity index (χ3v) is 5.23. The van der Waals surface area contributed by atoms with Crippen molar-refractivity contribution in [3.05, 3.63) is 28.8 Å². The van der Waals surface area contributed by atoms with Crippen LogP contribution in [0.4, 0.5) is 0 Å². The maximum atomic E-state index is 12.6. The molecule has 0 bridgehead atoms. The van der Waals surface area contributed by atoms with E-state index in [1.807, 2.05) is 18.4 Å². The van der Waals surface area contributed by atoms with Gasteiger partial charge in [-0.3, -0.25) is 9.59 Å². The van der Waals surface area contributed by atoms with Crippen LogP contribution in [0.5, 0.6) is 0 Å². The zero-order valence-corrected chi connectivity index (χ0v) is 15.0. The Labute approximate surface area is 151 Å². The van der Waals surface area contributed by atoms with E-state index >= 15 is 0 Å². The highest BCUT2D eigenvalue weighted by atomic mass is 35.5. The average Bonchev–Trinajstić information content (AvgIpc) is 2.60. The molecule has 0 heterocycles. The van der Waals surface area contributed by atoms with Gasteiger partial charge in [0.1, 0.15) is 6.54 Å². The lowest BCUT2D eigenvalue weighted by atomic mass is 9.83. The molecule has 2 N–H and O–H groups in total. The third-order valence-electron chi connectivity index (χ3n) is 4.18. The van der Waals surface area contributed by atoms with Crippen molar-refractivity contribution in [2.75, 3.05) is 12.8 Å². The summed E-state index contributed by atoms with van der Waals surface area (Å²) in [4.78, 5) is 25.8. The van der Waals surface area contributed by atoms with E-state index in [0.29, 0.717) is 17.0 Å². The van der Waals surface area contributed by atoms with E-state index in [0.717, 1.165) is 24.2 Å². The van der Waals surface area contributed by atoms with Gasteiger partial charge in [-0.05, 0) is 37.3 Å². The van der Waals surface area contributed by atoms with Gasteiger partial charge in [0.05, 0.1) is 22.6 Å². The van der Waals surface area contributed by atoms with Gasteiger partial charge in [0, 0.05) is 10.9 Å². The molecule has 2 rings (SSSR count). The Bertz CT molecular complexity index is 660. The van der Waals surface area contributed by atoms with E-state index in [4.69, 9.17) is 16.9 Å². The first-order valence-electron chi connectivity index (χ1n) is 7.86. The molecule has 1 aromatic carbocycles. The topological polar surface area (TPSA) is 82.0 Å². The number of thioether (sulfide) groups is 1. The second-order valence-corrected chi connectivity index (χ2v) is 6.98. The SMILES string of the molecule is CSc1ccc(Cl)c(C(=O)NC2CCCCC2C(=O)NCC#N)c1. The zero-order valence-electron chi connectivity index (χ0n) is 13.5. The summed E-state index contributed by atoms with van der Waals surface area (Å²) in [7, 11) is 0. The van der Waals surface area contributed by atoms with Crippen LogP contribution >= 0.6 is 23.4 Å². The quantitative estimate of drug-likeness (QED) is 0.620. The molecule has 2 amide bonds. The lowest BCUT2D eigenvalue weighted by Crippen LogP contribution is -2.48. The van der Waals surface area contributed by atoms with Crippen molar-refractivity contribution in [1.29, 1.82) is 5.26 Å². The Hall–Kier alpha value is -1.71. The number of halogens is 1. The van der Waals surface area contributed by atoms with E-state index in [2.05, 4.69) is 10.6 Å². The fourth-order valence-electron chi connectivity index (χ4n) is 2.93. The van der Waals surface area contributed by atoms with Crippen LogP contribution in [-0.4, -0.2) is 30.7 Å². The minimum atomic E-state index is -0.307. The van der Waals surface area contributed by atoms with Gasteiger partial charge in [0.15, 0.2) is 0 Å². The van der Waals surface area contributed by atoms with Crippen molar-refractivity contribution in [1.82, 2.24) is 10.6 Å². The first-order chi connectivity index (χ1) is 11.6. The van der Waals surface area contributed by atoms with Gasteiger partial charge >= 0.3 is 0 Å². The van der Waals surface area contributed by atoms with Crippen LogP contribution in [0.15, 0.2) is 23.1 Å². The maximum absolute atomic E-state index is 12.6. The number of benzene rings is 1. The second-order valence-electron chi connectivity index (χ2n) is 5.69. The number of carbonyl (C=O) groups is 2. The summed E-state index contributed by atoms with van der Waals surface area (Å²) >= 11 is 7.68. The highest BCUT2D eigenvalue weighted by molar-refractivity contribution is 7.98. The van der Waals surface area contributed by atoms with Crippen LogP contribution in [0, 0.1) is 17.2 Å². The molecule has 1 aromatic rings. The molecule has 0 aliphatic heterocycles. The van der Waals surface area contributed by atoms with E-state index in [1.54, 1.807) is 12.1 Å². The average molecular weight is 366 g/mol. The Morgan fingerprint density at radius 1 is 1.38 bits per heavy atom. The standard InChI is InChI=1S/C17H20ClN3O2S/c1-24-11-6-7-14(18)13(10-11)17(23)21-15-5-3-2-4-12(15)16(22)20-9-8-19/h6-7,10,12,15H,2-5,9H2,1H3,(H,20,22)(H,21,23). The van der Waals surface area contributed by atoms with Crippen LogP contribution in [0.3, 0.4) is 0 Å². The van der Waals surface area contributed by atoms with E-state index in [-0.39, 0.29) is 30.3 Å². The molecule has 2 atom stereocenters. The molecule has 0 radical (unpaired) electrons. The van der Waals surface area contributed by atoms with E-state index < -0.39 is 0 Å². The second kappa shape index (κ2) is 8.95. The van der Waals surface area contributed by atoms with Crippen molar-refractivity contribution < 1.29 is 9.59 Å². The molecule has 5 nitrogen and oxygen atoms in total. The molecule has 24 heavy (non-hydrogen) atoms. The Morgan fingerprint density at radius 3 is 2.83 bits per heavy atom. The molecule has 0 spiro atoms. The number of amides is 2. The molecule has 128 valence electrons. The number of nitrogens with one attached hydrogen (secondary N) is 2. The highest BCUT2D eigenvalue weighted by Gasteiger charge is 2.32. The largest absolute Gasteiger partial charge is 0.348 e. The molecular formula is C17H20ClN3O2S. The summed E-state index contributed by atoms with van der Waals surface area (Å²) in [6.07, 6.45) is 5.30. The Balaban J connectivity index is 2.11. The van der Waals surface area contributed by atoms with Gasteiger partial charge in [-0.25, -0.2) is 0 Å². The number of nitriles is 1. The van der Waals surface area contributed by atoms with Crippen LogP contribution < -0.4 is 10.6 Å². The molecule has 1 aliphatic rings. The monoisotopic (exact) mass is 365 g/mol. The van der Waals surface area contributed by atoms with Crippen molar-refractivity contribution >= 4 is 35.2 Å². The lowest BCUT2D eigenvalue weighted by Gasteiger charge is -2.31. The minimum absolute atomic E-state index is 0.0163. The van der Waals surface area contributed by atoms with Crippen molar-refractivity contribution in [3.8, 4) is 6.07 Å². The first-order valence-corrected chi connectivity index (χ1v) is 9.46. The number of carbonyl (C=O) groups excluding carboxylic acids is 2. The Morgan fingerprint density at radius 2 is 2.12 bits per heavy atom. The van der Waals surface area contributed by atoms with Gasteiger partial charge in [-0.15, -0.1) is 11.8 Å². The summed E-state index contributed by atoms with van der Waals surface area (Å²) in [5, 5.41) is 14.5. The maximum Gasteiger partial charge on any atom is 0.253 e. The molecule has 2 unspecified atom stereocenters. The number of hydrogen-bond acceptors (Lipinski definition) is 4. The molecule has 1 saturated carbocycles. The smallest absolute Gasteiger partial charge is 0.253 e. The minimum Gasteiger partial charge on any atom is -0.348 e. The molecule has 0 aromatic heterocycles.